The van der Waals surface area contributed by atoms with E-state index in [-0.39, 0.29) is 6.10 Å². The van der Waals surface area contributed by atoms with Gasteiger partial charge in [-0.2, -0.15) is 0 Å². The predicted molar refractivity (Wildman–Crippen MR) is 78.2 cm³/mol. The summed E-state index contributed by atoms with van der Waals surface area (Å²) < 4.78 is 18.5. The van der Waals surface area contributed by atoms with Gasteiger partial charge in [0.05, 0.1) is 44.7 Å². The SMILES string of the molecule is COc1cc(OC)cc(-n2cncc2C2CNCCO2)c1. The topological polar surface area (TPSA) is 57.5 Å². The molecule has 1 aliphatic heterocycles. The van der Waals surface area contributed by atoms with Crippen LogP contribution >= 0.6 is 0 Å². The first-order valence-electron chi connectivity index (χ1n) is 6.90. The Kier molecular flexibility index (Phi) is 4.08. The Morgan fingerprint density at radius 3 is 2.62 bits per heavy atom. The van der Waals surface area contributed by atoms with E-state index in [1.807, 2.05) is 29.0 Å². The van der Waals surface area contributed by atoms with Crippen LogP contribution in [-0.2, 0) is 4.74 Å². The number of methoxy groups -OCH3 is 2. The molecule has 0 aliphatic carbocycles. The second kappa shape index (κ2) is 6.15. The third-order valence-electron chi connectivity index (χ3n) is 3.54. The molecule has 2 aromatic rings. The van der Waals surface area contributed by atoms with Crippen LogP contribution in [0.5, 0.6) is 11.5 Å². The number of nitrogens with zero attached hydrogens (tertiary/aromatic N) is 2. The van der Waals surface area contributed by atoms with Gasteiger partial charge in [-0.3, -0.25) is 0 Å². The van der Waals surface area contributed by atoms with E-state index in [4.69, 9.17) is 14.2 Å². The van der Waals surface area contributed by atoms with Crippen LogP contribution in [0.25, 0.3) is 5.69 Å². The lowest BCUT2D eigenvalue weighted by atomic mass is 10.2. The van der Waals surface area contributed by atoms with Crippen molar-refractivity contribution in [3.63, 3.8) is 0 Å². The number of aromatic nitrogens is 2. The average molecular weight is 289 g/mol. The van der Waals surface area contributed by atoms with Crippen LogP contribution in [-0.4, -0.2) is 43.5 Å². The van der Waals surface area contributed by atoms with E-state index in [0.717, 1.165) is 36.0 Å². The third-order valence-corrected chi connectivity index (χ3v) is 3.54. The van der Waals surface area contributed by atoms with Gasteiger partial charge in [-0.05, 0) is 0 Å². The predicted octanol–water partition coefficient (Wildman–Crippen LogP) is 1.55. The highest BCUT2D eigenvalue weighted by Gasteiger charge is 2.20. The van der Waals surface area contributed by atoms with Gasteiger partial charge in [0.1, 0.15) is 17.6 Å². The second-order valence-electron chi connectivity index (χ2n) is 4.82. The van der Waals surface area contributed by atoms with Crippen molar-refractivity contribution < 1.29 is 14.2 Å². The minimum Gasteiger partial charge on any atom is -0.497 e. The molecule has 0 bridgehead atoms. The van der Waals surface area contributed by atoms with Crippen LogP contribution in [0.1, 0.15) is 11.8 Å². The summed E-state index contributed by atoms with van der Waals surface area (Å²) in [7, 11) is 3.28. The first-order chi connectivity index (χ1) is 10.3. The fraction of sp³-hybridized carbons (Fsp3) is 0.400. The van der Waals surface area contributed by atoms with Crippen molar-refractivity contribution in [2.45, 2.75) is 6.10 Å². The zero-order chi connectivity index (χ0) is 14.7. The Labute approximate surface area is 123 Å². The molecule has 21 heavy (non-hydrogen) atoms. The highest BCUT2D eigenvalue weighted by Crippen LogP contribution is 2.28. The summed E-state index contributed by atoms with van der Waals surface area (Å²) in [5, 5.41) is 3.33. The fourth-order valence-electron chi connectivity index (χ4n) is 2.45. The third kappa shape index (κ3) is 2.86. The molecule has 1 atom stereocenters. The zero-order valence-electron chi connectivity index (χ0n) is 12.2. The Morgan fingerprint density at radius 2 is 2.00 bits per heavy atom. The first kappa shape index (κ1) is 13.9. The normalized spacial score (nSPS) is 18.5. The standard InChI is InChI=1S/C15H19N3O3/c1-19-12-5-11(6-13(7-12)20-2)18-10-17-8-14(18)15-9-16-3-4-21-15/h5-8,10,15-16H,3-4,9H2,1-2H3. The molecule has 0 spiro atoms. The molecule has 1 aromatic heterocycles. The molecule has 1 fully saturated rings. The molecule has 1 saturated heterocycles. The monoisotopic (exact) mass is 289 g/mol. The Hall–Kier alpha value is -2.05. The van der Waals surface area contributed by atoms with E-state index in [1.165, 1.54) is 0 Å². The zero-order valence-corrected chi connectivity index (χ0v) is 12.2. The molecule has 1 aliphatic rings. The molecular formula is C15H19N3O3. The van der Waals surface area contributed by atoms with Crippen molar-refractivity contribution in [2.24, 2.45) is 0 Å². The van der Waals surface area contributed by atoms with Gasteiger partial charge in [-0.15, -0.1) is 0 Å². The summed E-state index contributed by atoms with van der Waals surface area (Å²) in [4.78, 5) is 4.26. The number of ether oxygens (including phenoxy) is 3. The van der Waals surface area contributed by atoms with Gasteiger partial charge in [0, 0.05) is 31.3 Å². The largest absolute Gasteiger partial charge is 0.497 e. The van der Waals surface area contributed by atoms with Gasteiger partial charge in [0.2, 0.25) is 0 Å². The number of hydrogen-bond acceptors (Lipinski definition) is 5. The van der Waals surface area contributed by atoms with E-state index < -0.39 is 0 Å². The van der Waals surface area contributed by atoms with Crippen LogP contribution in [0.15, 0.2) is 30.7 Å². The van der Waals surface area contributed by atoms with Gasteiger partial charge in [0.25, 0.3) is 0 Å². The van der Waals surface area contributed by atoms with E-state index >= 15 is 0 Å². The van der Waals surface area contributed by atoms with Crippen LogP contribution < -0.4 is 14.8 Å². The van der Waals surface area contributed by atoms with Crippen molar-refractivity contribution in [1.82, 2.24) is 14.9 Å². The smallest absolute Gasteiger partial charge is 0.124 e. The number of morpholine rings is 1. The van der Waals surface area contributed by atoms with E-state index in [1.54, 1.807) is 20.5 Å². The van der Waals surface area contributed by atoms with Gasteiger partial charge >= 0.3 is 0 Å². The van der Waals surface area contributed by atoms with Crippen molar-refractivity contribution in [1.29, 1.82) is 0 Å². The lowest BCUT2D eigenvalue weighted by Gasteiger charge is -2.24. The van der Waals surface area contributed by atoms with Crippen LogP contribution in [0, 0.1) is 0 Å². The summed E-state index contributed by atoms with van der Waals surface area (Å²) in [6.45, 7) is 2.38. The number of hydrogen-bond donors (Lipinski definition) is 1. The van der Waals surface area contributed by atoms with E-state index in [0.29, 0.717) is 6.61 Å². The highest BCUT2D eigenvalue weighted by atomic mass is 16.5. The van der Waals surface area contributed by atoms with Gasteiger partial charge in [-0.25, -0.2) is 4.98 Å². The number of imidazole rings is 1. The molecule has 1 unspecified atom stereocenters. The summed E-state index contributed by atoms with van der Waals surface area (Å²) in [5.74, 6) is 1.48. The maximum atomic E-state index is 5.81. The summed E-state index contributed by atoms with van der Waals surface area (Å²) >= 11 is 0. The summed E-state index contributed by atoms with van der Waals surface area (Å²) in [5.41, 5.74) is 1.95. The number of rotatable bonds is 4. The lowest BCUT2D eigenvalue weighted by molar-refractivity contribution is 0.0240. The second-order valence-corrected chi connectivity index (χ2v) is 4.82. The van der Waals surface area contributed by atoms with Gasteiger partial charge in [0.15, 0.2) is 0 Å². The molecule has 2 heterocycles. The van der Waals surface area contributed by atoms with Gasteiger partial charge < -0.3 is 24.1 Å². The molecule has 6 nitrogen and oxygen atoms in total. The molecule has 0 amide bonds. The Bertz CT molecular complexity index is 584. The number of nitrogens with one attached hydrogen (secondary N) is 1. The first-order valence-corrected chi connectivity index (χ1v) is 6.90. The minimum absolute atomic E-state index is 0.00144. The van der Waals surface area contributed by atoms with Crippen molar-refractivity contribution >= 4 is 0 Å². The Morgan fingerprint density at radius 1 is 1.24 bits per heavy atom. The maximum absolute atomic E-state index is 5.81. The van der Waals surface area contributed by atoms with Crippen molar-refractivity contribution in [3.05, 3.63) is 36.4 Å². The molecule has 0 saturated carbocycles. The summed E-state index contributed by atoms with van der Waals surface area (Å²) in [6.07, 6.45) is 3.61. The molecule has 112 valence electrons. The average Bonchev–Trinajstić information content (AvgIpc) is 3.04. The summed E-state index contributed by atoms with van der Waals surface area (Å²) in [6, 6.07) is 5.74. The molecule has 6 heteroatoms. The van der Waals surface area contributed by atoms with Crippen LogP contribution in [0.2, 0.25) is 0 Å². The molecule has 1 aromatic carbocycles. The van der Waals surface area contributed by atoms with Crippen molar-refractivity contribution in [2.75, 3.05) is 33.9 Å². The Balaban J connectivity index is 1.98. The van der Waals surface area contributed by atoms with Crippen molar-refractivity contribution in [3.8, 4) is 17.2 Å². The van der Waals surface area contributed by atoms with Gasteiger partial charge in [-0.1, -0.05) is 0 Å². The van der Waals surface area contributed by atoms with Crippen LogP contribution in [0.4, 0.5) is 0 Å². The quantitative estimate of drug-likeness (QED) is 0.925. The molecule has 3 rings (SSSR count). The fourth-order valence-corrected chi connectivity index (χ4v) is 2.45. The maximum Gasteiger partial charge on any atom is 0.124 e. The van der Waals surface area contributed by atoms with Crippen LogP contribution in [0.3, 0.4) is 0 Å². The molecular weight excluding hydrogens is 270 g/mol. The molecule has 0 radical (unpaired) electrons. The van der Waals surface area contributed by atoms with E-state index in [9.17, 15) is 0 Å². The lowest BCUT2D eigenvalue weighted by Crippen LogP contribution is -2.34. The number of benzene rings is 1. The molecule has 1 N–H and O–H groups in total. The van der Waals surface area contributed by atoms with E-state index in [2.05, 4.69) is 10.3 Å². The minimum atomic E-state index is -0.00144. The highest BCUT2D eigenvalue weighted by molar-refractivity contribution is 5.47.